The monoisotopic (exact) mass is 250 g/mol. The summed E-state index contributed by atoms with van der Waals surface area (Å²) in [7, 11) is 0. The van der Waals surface area contributed by atoms with Crippen molar-refractivity contribution in [3.63, 3.8) is 0 Å². The van der Waals surface area contributed by atoms with Gasteiger partial charge in [-0.25, -0.2) is 0 Å². The molecule has 4 aliphatic rings. The highest BCUT2D eigenvalue weighted by Gasteiger charge is 2.50. The van der Waals surface area contributed by atoms with Gasteiger partial charge in [-0.15, -0.1) is 0 Å². The molecule has 4 nitrogen and oxygen atoms in total. The summed E-state index contributed by atoms with van der Waals surface area (Å²) in [5, 5.41) is 0. The van der Waals surface area contributed by atoms with Gasteiger partial charge in [-0.2, -0.15) is 0 Å². The Kier molecular flexibility index (Phi) is 2.33. The van der Waals surface area contributed by atoms with Gasteiger partial charge in [0.05, 0.1) is 24.2 Å². The van der Waals surface area contributed by atoms with Gasteiger partial charge in [-0.3, -0.25) is 4.79 Å². The van der Waals surface area contributed by atoms with Crippen LogP contribution >= 0.6 is 0 Å². The molecule has 2 saturated carbocycles. The molecule has 2 heterocycles. The molecule has 4 rings (SSSR count). The zero-order valence-corrected chi connectivity index (χ0v) is 10.3. The summed E-state index contributed by atoms with van der Waals surface area (Å²) in [6.45, 7) is 4.01. The lowest BCUT2D eigenvalue weighted by Crippen LogP contribution is -2.31. The summed E-state index contributed by atoms with van der Waals surface area (Å²) in [6, 6.07) is 0. The van der Waals surface area contributed by atoms with Crippen LogP contribution in [0.2, 0.25) is 0 Å². The van der Waals surface area contributed by atoms with E-state index >= 15 is 0 Å². The number of carbonyl (C=O) groups is 1. The van der Waals surface area contributed by atoms with E-state index in [1.807, 2.05) is 0 Å². The molecule has 2 saturated heterocycles. The molecule has 6 unspecified atom stereocenters. The lowest BCUT2D eigenvalue weighted by molar-refractivity contribution is -0.154. The highest BCUT2D eigenvalue weighted by atomic mass is 16.6. The van der Waals surface area contributed by atoms with Gasteiger partial charge in [0.15, 0.2) is 0 Å². The smallest absolute Gasteiger partial charge is 0.313 e. The van der Waals surface area contributed by atoms with E-state index in [2.05, 4.69) is 6.58 Å². The Morgan fingerprint density at radius 2 is 1.94 bits per heavy atom. The van der Waals surface area contributed by atoms with Crippen LogP contribution in [0.1, 0.15) is 32.1 Å². The Bertz CT molecular complexity index is 405. The molecular formula is C14H18O4. The third kappa shape index (κ3) is 1.79. The van der Waals surface area contributed by atoms with Crippen molar-refractivity contribution >= 4 is 5.97 Å². The van der Waals surface area contributed by atoms with Crippen LogP contribution in [0.5, 0.6) is 0 Å². The molecule has 18 heavy (non-hydrogen) atoms. The number of fused-ring (bicyclic) bond motifs is 2. The van der Waals surface area contributed by atoms with E-state index in [1.54, 1.807) is 0 Å². The Labute approximate surface area is 106 Å². The van der Waals surface area contributed by atoms with Crippen molar-refractivity contribution in [3.05, 3.63) is 12.2 Å². The number of carbonyl (C=O) groups excluding carboxylic acids is 1. The van der Waals surface area contributed by atoms with Crippen molar-refractivity contribution in [1.82, 2.24) is 0 Å². The number of epoxide rings is 2. The zero-order chi connectivity index (χ0) is 12.3. The lowest BCUT2D eigenvalue weighted by Gasteiger charge is -2.25. The predicted octanol–water partition coefficient (Wildman–Crippen LogP) is 1.58. The van der Waals surface area contributed by atoms with Crippen LogP contribution in [-0.4, -0.2) is 36.5 Å². The summed E-state index contributed by atoms with van der Waals surface area (Å²) in [4.78, 5) is 12.2. The molecule has 98 valence electrons. The maximum atomic E-state index is 12.2. The second kappa shape index (κ2) is 3.81. The van der Waals surface area contributed by atoms with Crippen molar-refractivity contribution in [2.75, 3.05) is 0 Å². The van der Waals surface area contributed by atoms with E-state index in [4.69, 9.17) is 14.2 Å². The van der Waals surface area contributed by atoms with E-state index in [1.165, 1.54) is 0 Å². The van der Waals surface area contributed by atoms with E-state index < -0.39 is 0 Å². The van der Waals surface area contributed by atoms with Gasteiger partial charge in [0.25, 0.3) is 0 Å². The van der Waals surface area contributed by atoms with Gasteiger partial charge < -0.3 is 14.2 Å². The van der Waals surface area contributed by atoms with Crippen LogP contribution in [0.3, 0.4) is 0 Å². The summed E-state index contributed by atoms with van der Waals surface area (Å²) < 4.78 is 16.5. The summed E-state index contributed by atoms with van der Waals surface area (Å²) >= 11 is 0. The van der Waals surface area contributed by atoms with E-state index in [0.29, 0.717) is 18.3 Å². The van der Waals surface area contributed by atoms with Crippen molar-refractivity contribution in [2.45, 2.75) is 62.6 Å². The first kappa shape index (κ1) is 11.0. The average Bonchev–Trinajstić information content (AvgIpc) is 3.23. The SMILES string of the molecule is C=C1C(C(=O)OC2CCC3OC3C2)CCC2OC12. The van der Waals surface area contributed by atoms with Crippen LogP contribution in [-0.2, 0) is 19.0 Å². The molecule has 0 aromatic rings. The van der Waals surface area contributed by atoms with Crippen LogP contribution in [0.25, 0.3) is 0 Å². The molecule has 4 fully saturated rings. The largest absolute Gasteiger partial charge is 0.462 e. The standard InChI is InChI=1S/C14H18O4/c1-7-9(3-5-11-13(7)18-11)14(15)16-8-2-4-10-12(6-8)17-10/h8-13H,1-6H2. The summed E-state index contributed by atoms with van der Waals surface area (Å²) in [5.41, 5.74) is 0.924. The molecule has 4 heteroatoms. The average molecular weight is 250 g/mol. The maximum absolute atomic E-state index is 12.2. The van der Waals surface area contributed by atoms with Crippen LogP contribution in [0, 0.1) is 5.92 Å². The predicted molar refractivity (Wildman–Crippen MR) is 62.9 cm³/mol. The number of hydrogen-bond acceptors (Lipinski definition) is 4. The zero-order valence-electron chi connectivity index (χ0n) is 10.3. The minimum Gasteiger partial charge on any atom is -0.462 e. The van der Waals surface area contributed by atoms with Crippen LogP contribution in [0.15, 0.2) is 12.2 Å². The highest BCUT2D eigenvalue weighted by molar-refractivity contribution is 5.76. The van der Waals surface area contributed by atoms with E-state index in [9.17, 15) is 4.79 Å². The molecule has 6 atom stereocenters. The first-order valence-electron chi connectivity index (χ1n) is 6.92. The first-order chi connectivity index (χ1) is 8.72. The number of ether oxygens (including phenoxy) is 3. The fourth-order valence-electron chi connectivity index (χ4n) is 3.39. The molecule has 2 aliphatic heterocycles. The molecule has 0 aromatic heterocycles. The van der Waals surface area contributed by atoms with Crippen molar-refractivity contribution in [3.8, 4) is 0 Å². The first-order valence-corrected chi connectivity index (χ1v) is 6.92. The van der Waals surface area contributed by atoms with E-state index in [0.717, 1.165) is 37.7 Å². The number of hydrogen-bond donors (Lipinski definition) is 0. The fraction of sp³-hybridized carbons (Fsp3) is 0.786. The molecule has 0 N–H and O–H groups in total. The molecule has 0 aromatic carbocycles. The lowest BCUT2D eigenvalue weighted by atomic mass is 9.85. The number of esters is 1. The van der Waals surface area contributed by atoms with Crippen molar-refractivity contribution in [2.24, 2.45) is 5.92 Å². The Morgan fingerprint density at radius 1 is 1.11 bits per heavy atom. The number of rotatable bonds is 2. The summed E-state index contributed by atoms with van der Waals surface area (Å²) in [5.74, 6) is -0.246. The molecule has 0 radical (unpaired) electrons. The third-order valence-corrected chi connectivity index (χ3v) is 4.66. The molecule has 2 aliphatic carbocycles. The van der Waals surface area contributed by atoms with Crippen LogP contribution < -0.4 is 0 Å². The van der Waals surface area contributed by atoms with Gasteiger partial charge in [0, 0.05) is 6.42 Å². The highest BCUT2D eigenvalue weighted by Crippen LogP contribution is 2.44. The quantitative estimate of drug-likeness (QED) is 0.424. The Morgan fingerprint density at radius 3 is 2.78 bits per heavy atom. The Balaban J connectivity index is 1.36. The van der Waals surface area contributed by atoms with Gasteiger partial charge in [-0.1, -0.05) is 6.58 Å². The van der Waals surface area contributed by atoms with E-state index in [-0.39, 0.29) is 24.1 Å². The summed E-state index contributed by atoms with van der Waals surface area (Å²) in [6.07, 6.45) is 5.93. The molecule has 0 bridgehead atoms. The topological polar surface area (TPSA) is 51.4 Å². The normalized spacial score (nSPS) is 49.0. The second-order valence-corrected chi connectivity index (χ2v) is 5.88. The molecule has 0 spiro atoms. The van der Waals surface area contributed by atoms with Gasteiger partial charge in [0.1, 0.15) is 12.2 Å². The second-order valence-electron chi connectivity index (χ2n) is 5.88. The molecular weight excluding hydrogens is 232 g/mol. The Hall–Kier alpha value is -0.870. The van der Waals surface area contributed by atoms with Gasteiger partial charge in [-0.05, 0) is 31.3 Å². The minimum absolute atomic E-state index is 0.0481. The van der Waals surface area contributed by atoms with Crippen molar-refractivity contribution < 1.29 is 19.0 Å². The third-order valence-electron chi connectivity index (χ3n) is 4.66. The minimum atomic E-state index is -0.147. The maximum Gasteiger partial charge on any atom is 0.313 e. The van der Waals surface area contributed by atoms with Gasteiger partial charge in [0.2, 0.25) is 0 Å². The van der Waals surface area contributed by atoms with Crippen LogP contribution in [0.4, 0.5) is 0 Å². The molecule has 0 amide bonds. The van der Waals surface area contributed by atoms with Gasteiger partial charge >= 0.3 is 5.97 Å². The fourth-order valence-corrected chi connectivity index (χ4v) is 3.39. The van der Waals surface area contributed by atoms with Crippen molar-refractivity contribution in [1.29, 1.82) is 0 Å².